The number of nitrogens with zero attached hydrogens (tertiary/aromatic N) is 4. The monoisotopic (exact) mass is 298 g/mol. The van der Waals surface area contributed by atoms with E-state index >= 15 is 0 Å². The fourth-order valence-corrected chi connectivity index (χ4v) is 2.51. The number of halogens is 1. The molecule has 0 aliphatic heterocycles. The third-order valence-corrected chi connectivity index (χ3v) is 3.83. The fraction of sp³-hybridized carbons (Fsp3) is 0.200. The van der Waals surface area contributed by atoms with Gasteiger partial charge in [0.1, 0.15) is 28.5 Å². The molecule has 104 valence electrons. The lowest BCUT2D eigenvalue weighted by Crippen LogP contribution is -2.04. The average Bonchev–Trinajstić information content (AvgIpc) is 3.25. The van der Waals surface area contributed by atoms with Gasteiger partial charge in [-0.15, -0.1) is 0 Å². The molecule has 0 atom stereocenters. The Balaban J connectivity index is 1.74. The molecule has 3 aromatic rings. The van der Waals surface area contributed by atoms with E-state index in [0.29, 0.717) is 11.6 Å². The van der Waals surface area contributed by atoms with E-state index in [4.69, 9.17) is 11.6 Å². The number of aromatic nitrogens is 4. The third-order valence-electron chi connectivity index (χ3n) is 3.62. The lowest BCUT2D eigenvalue weighted by molar-refractivity contribution is 0.103. The number of imidazole rings is 1. The molecule has 0 unspecified atom stereocenters. The maximum Gasteiger partial charge on any atom is 0.231 e. The van der Waals surface area contributed by atoms with E-state index in [-0.39, 0.29) is 16.6 Å². The van der Waals surface area contributed by atoms with Gasteiger partial charge >= 0.3 is 0 Å². The highest BCUT2D eigenvalue weighted by molar-refractivity contribution is 6.29. The minimum absolute atomic E-state index is 0.244. The van der Waals surface area contributed by atoms with Crippen LogP contribution in [0.1, 0.15) is 40.5 Å². The second kappa shape index (κ2) is 4.63. The van der Waals surface area contributed by atoms with E-state index in [1.165, 1.54) is 30.8 Å². The molecule has 0 spiro atoms. The summed E-state index contributed by atoms with van der Waals surface area (Å²) in [6.45, 7) is 0. The fourth-order valence-electron chi connectivity index (χ4n) is 2.37. The minimum Gasteiger partial charge on any atom is -0.306 e. The summed E-state index contributed by atoms with van der Waals surface area (Å²) < 4.78 is 1.89. The van der Waals surface area contributed by atoms with E-state index in [2.05, 4.69) is 21.0 Å². The zero-order valence-corrected chi connectivity index (χ0v) is 11.8. The zero-order valence-electron chi connectivity index (χ0n) is 11.0. The van der Waals surface area contributed by atoms with Crippen molar-refractivity contribution in [2.45, 2.75) is 18.8 Å². The van der Waals surface area contributed by atoms with Crippen LogP contribution in [0.25, 0.3) is 5.65 Å². The van der Waals surface area contributed by atoms with Crippen LogP contribution in [-0.2, 0) is 0 Å². The summed E-state index contributed by atoms with van der Waals surface area (Å²) in [5.74, 6) is 0.410. The lowest BCUT2D eigenvalue weighted by Gasteiger charge is -1.98. The van der Waals surface area contributed by atoms with Crippen LogP contribution in [0.5, 0.6) is 0 Å². The average molecular weight is 299 g/mol. The molecule has 0 amide bonds. The summed E-state index contributed by atoms with van der Waals surface area (Å²) in [7, 11) is 0. The van der Waals surface area contributed by atoms with Crippen LogP contribution in [0.2, 0.25) is 5.15 Å². The molecule has 1 aliphatic carbocycles. The van der Waals surface area contributed by atoms with Gasteiger partial charge < -0.3 is 4.40 Å². The topological polar surface area (TPSA) is 60.2 Å². The highest BCUT2D eigenvalue weighted by atomic mass is 35.5. The second-order valence-corrected chi connectivity index (χ2v) is 5.57. The van der Waals surface area contributed by atoms with Crippen molar-refractivity contribution < 1.29 is 4.79 Å². The molecule has 1 aliphatic rings. The van der Waals surface area contributed by atoms with Gasteiger partial charge in [-0.25, -0.2) is 15.0 Å². The van der Waals surface area contributed by atoms with Gasteiger partial charge in [-0.2, -0.15) is 0 Å². The number of fused-ring (bicyclic) bond motifs is 1. The Kier molecular flexibility index (Phi) is 2.75. The van der Waals surface area contributed by atoms with Gasteiger partial charge in [0.15, 0.2) is 0 Å². The SMILES string of the molecule is O=C(c1cc(Cl)ncn1)c1cn2cc(C3CC3)ccc2n1. The second-order valence-electron chi connectivity index (χ2n) is 5.18. The van der Waals surface area contributed by atoms with Gasteiger partial charge in [0.2, 0.25) is 5.78 Å². The van der Waals surface area contributed by atoms with Gasteiger partial charge in [-0.1, -0.05) is 17.7 Å². The Bertz CT molecular complexity index is 854. The van der Waals surface area contributed by atoms with Crippen molar-refractivity contribution in [2.75, 3.05) is 0 Å². The summed E-state index contributed by atoms with van der Waals surface area (Å²) >= 11 is 5.79. The van der Waals surface area contributed by atoms with E-state index < -0.39 is 0 Å². The first-order valence-corrected chi connectivity index (χ1v) is 7.09. The van der Waals surface area contributed by atoms with Gasteiger partial charge in [0.25, 0.3) is 0 Å². The Morgan fingerprint density at radius 1 is 1.19 bits per heavy atom. The van der Waals surface area contributed by atoms with Crippen LogP contribution < -0.4 is 0 Å². The minimum atomic E-state index is -0.254. The van der Waals surface area contributed by atoms with Gasteiger partial charge in [0, 0.05) is 18.5 Å². The zero-order chi connectivity index (χ0) is 14.4. The summed E-state index contributed by atoms with van der Waals surface area (Å²) in [4.78, 5) is 24.4. The van der Waals surface area contributed by atoms with Crippen molar-refractivity contribution in [2.24, 2.45) is 0 Å². The Morgan fingerprint density at radius 3 is 2.81 bits per heavy atom. The predicted molar refractivity (Wildman–Crippen MR) is 77.6 cm³/mol. The number of rotatable bonds is 3. The largest absolute Gasteiger partial charge is 0.306 e. The Hall–Kier alpha value is -2.27. The number of ketones is 1. The first kappa shape index (κ1) is 12.5. The smallest absolute Gasteiger partial charge is 0.231 e. The first-order chi connectivity index (χ1) is 10.2. The molecule has 21 heavy (non-hydrogen) atoms. The van der Waals surface area contributed by atoms with Crippen LogP contribution in [0.4, 0.5) is 0 Å². The van der Waals surface area contributed by atoms with Gasteiger partial charge in [-0.05, 0) is 30.4 Å². The van der Waals surface area contributed by atoms with Crippen LogP contribution in [0, 0.1) is 0 Å². The van der Waals surface area contributed by atoms with Crippen LogP contribution >= 0.6 is 11.6 Å². The van der Waals surface area contributed by atoms with Gasteiger partial charge in [-0.3, -0.25) is 4.79 Å². The molecule has 0 saturated heterocycles. The molecule has 0 radical (unpaired) electrons. The molecule has 0 N–H and O–H groups in total. The van der Waals surface area contributed by atoms with Crippen molar-refractivity contribution in [1.29, 1.82) is 0 Å². The van der Waals surface area contributed by atoms with Crippen molar-refractivity contribution >= 4 is 23.0 Å². The highest BCUT2D eigenvalue weighted by Crippen LogP contribution is 2.39. The number of hydrogen-bond donors (Lipinski definition) is 0. The number of carbonyl (C=O) groups excluding carboxylic acids is 1. The molecule has 5 nitrogen and oxygen atoms in total. The maximum absolute atomic E-state index is 12.4. The van der Waals surface area contributed by atoms with Crippen molar-refractivity contribution in [1.82, 2.24) is 19.4 Å². The third kappa shape index (κ3) is 2.29. The summed E-state index contributed by atoms with van der Waals surface area (Å²) in [6, 6.07) is 5.47. The molecule has 0 aromatic carbocycles. The summed E-state index contributed by atoms with van der Waals surface area (Å²) in [5, 5.41) is 0.244. The predicted octanol–water partition coefficient (Wildman–Crippen LogP) is 2.89. The first-order valence-electron chi connectivity index (χ1n) is 6.71. The highest BCUT2D eigenvalue weighted by Gasteiger charge is 2.24. The number of pyridine rings is 1. The summed E-state index contributed by atoms with van der Waals surface area (Å²) in [6.07, 6.45) is 7.54. The van der Waals surface area contributed by atoms with Crippen molar-refractivity contribution in [3.05, 3.63) is 59.0 Å². The Labute approximate surface area is 125 Å². The van der Waals surface area contributed by atoms with E-state index in [1.54, 1.807) is 6.20 Å². The number of hydrogen-bond acceptors (Lipinski definition) is 4. The quantitative estimate of drug-likeness (QED) is 0.551. The lowest BCUT2D eigenvalue weighted by atomic mass is 10.2. The van der Waals surface area contributed by atoms with Crippen LogP contribution in [0.3, 0.4) is 0 Å². The normalized spacial score (nSPS) is 14.5. The number of carbonyl (C=O) groups is 1. The molecular formula is C15H11ClN4O. The van der Waals surface area contributed by atoms with Crippen LogP contribution in [-0.4, -0.2) is 25.1 Å². The maximum atomic E-state index is 12.4. The van der Waals surface area contributed by atoms with E-state index in [9.17, 15) is 4.79 Å². The Morgan fingerprint density at radius 2 is 2.05 bits per heavy atom. The van der Waals surface area contributed by atoms with Crippen molar-refractivity contribution in [3.8, 4) is 0 Å². The molecule has 1 saturated carbocycles. The molecule has 6 heteroatoms. The van der Waals surface area contributed by atoms with Crippen LogP contribution in [0.15, 0.2) is 36.9 Å². The molecule has 3 heterocycles. The molecule has 1 fully saturated rings. The molecular weight excluding hydrogens is 288 g/mol. The molecule has 4 rings (SSSR count). The molecule has 0 bridgehead atoms. The van der Waals surface area contributed by atoms with Gasteiger partial charge in [0.05, 0.1) is 0 Å². The standard InChI is InChI=1S/C15H11ClN4O/c16-13-5-11(17-8-18-13)15(21)12-7-20-6-10(9-1-2-9)3-4-14(20)19-12/h3-9H,1-2H2. The summed E-state index contributed by atoms with van der Waals surface area (Å²) in [5.41, 5.74) is 2.66. The van der Waals surface area contributed by atoms with E-state index in [1.807, 2.05) is 16.7 Å². The molecule has 3 aromatic heterocycles. The van der Waals surface area contributed by atoms with E-state index in [0.717, 1.165) is 5.65 Å². The van der Waals surface area contributed by atoms with Crippen molar-refractivity contribution in [3.63, 3.8) is 0 Å².